The lowest BCUT2D eigenvalue weighted by Crippen LogP contribution is -2.22. The number of rotatable bonds is 3. The average Bonchev–Trinajstić information content (AvgIpc) is 2.79. The molecular formula is C12H13N3O3S. The number of hydrogen-bond donors (Lipinski definition) is 0. The number of benzene rings is 1. The van der Waals surface area contributed by atoms with E-state index in [-0.39, 0.29) is 5.96 Å². The normalized spacial score (nSPS) is 16.4. The molecule has 19 heavy (non-hydrogen) atoms. The maximum atomic E-state index is 11.9. The minimum Gasteiger partial charge on any atom is -0.451 e. The zero-order valence-corrected chi connectivity index (χ0v) is 11.4. The Morgan fingerprint density at radius 1 is 1.37 bits per heavy atom. The summed E-state index contributed by atoms with van der Waals surface area (Å²) in [6.07, 6.45) is 0.102. The highest BCUT2D eigenvalue weighted by atomic mass is 32.2. The fraction of sp³-hybridized carbons (Fsp3) is 0.333. The summed E-state index contributed by atoms with van der Waals surface area (Å²) in [7, 11) is 0.204. The van der Waals surface area contributed by atoms with Crippen LogP contribution in [-0.4, -0.2) is 29.1 Å². The van der Waals surface area contributed by atoms with E-state index in [1.807, 2.05) is 6.92 Å². The number of aliphatic imine (C=N–C) groups is 1. The molecule has 1 aliphatic heterocycles. The van der Waals surface area contributed by atoms with Gasteiger partial charge in [-0.2, -0.15) is 0 Å². The number of hydrogen-bond acceptors (Lipinski definition) is 3. The number of methoxy groups -OCH3 is 1. The van der Waals surface area contributed by atoms with Crippen LogP contribution in [0.15, 0.2) is 38.1 Å². The number of nitrogens with zero attached hydrogens (tertiary/aromatic N) is 3. The quantitative estimate of drug-likeness (QED) is 0.811. The van der Waals surface area contributed by atoms with Gasteiger partial charge in [-0.15, -0.1) is 4.99 Å². The van der Waals surface area contributed by atoms with Gasteiger partial charge in [0.15, 0.2) is 0 Å². The minimum absolute atomic E-state index is 0.0558. The maximum absolute atomic E-state index is 11.9. The van der Waals surface area contributed by atoms with Gasteiger partial charge in [-0.1, -0.05) is 6.92 Å². The Hall–Kier alpha value is -1.89. The predicted octanol–water partition coefficient (Wildman–Crippen LogP) is 0.579. The summed E-state index contributed by atoms with van der Waals surface area (Å²) < 4.78 is 16.3. The first kappa shape index (κ1) is 13.5. The van der Waals surface area contributed by atoms with Crippen LogP contribution in [0.2, 0.25) is 0 Å². The molecule has 1 amide bonds. The summed E-state index contributed by atoms with van der Waals surface area (Å²) in [4.78, 5) is 23.4. The number of guanidine groups is 1. The number of ether oxygens (including phenoxy) is 1. The third-order valence-electron chi connectivity index (χ3n) is 2.41. The van der Waals surface area contributed by atoms with Crippen molar-refractivity contribution in [1.82, 2.24) is 0 Å². The van der Waals surface area contributed by atoms with Crippen molar-refractivity contribution in [3.8, 4) is 0 Å². The van der Waals surface area contributed by atoms with Gasteiger partial charge >= 0.3 is 6.09 Å². The Morgan fingerprint density at radius 2 is 2.11 bits per heavy atom. The molecule has 2 rings (SSSR count). The minimum atomic E-state index is -1.03. The van der Waals surface area contributed by atoms with Gasteiger partial charge < -0.3 is 4.74 Å². The van der Waals surface area contributed by atoms with Crippen LogP contribution in [0.5, 0.6) is 0 Å². The van der Waals surface area contributed by atoms with Crippen LogP contribution in [0.3, 0.4) is 0 Å². The highest BCUT2D eigenvalue weighted by molar-refractivity contribution is 7.85. The summed E-state index contributed by atoms with van der Waals surface area (Å²) in [5, 5.41) is 1.18. The van der Waals surface area contributed by atoms with Gasteiger partial charge in [0.05, 0.1) is 28.6 Å². The molecule has 0 fully saturated rings. The SMILES string of the molecule is CCC[S@](=O)c1ccc2c(c1)=NC(=NC(=O)OC)N=2. The molecule has 0 bridgehead atoms. The lowest BCUT2D eigenvalue weighted by atomic mass is 10.3. The topological polar surface area (TPSA) is 80.5 Å². The molecule has 0 spiro atoms. The number of fused-ring (bicyclic) bond motifs is 1. The highest BCUT2D eigenvalue weighted by Crippen LogP contribution is 2.03. The average molecular weight is 279 g/mol. The molecule has 1 aliphatic rings. The first-order valence-corrected chi connectivity index (χ1v) is 7.08. The van der Waals surface area contributed by atoms with Crippen molar-refractivity contribution in [3.05, 3.63) is 28.9 Å². The van der Waals surface area contributed by atoms with E-state index in [0.29, 0.717) is 21.4 Å². The number of amides is 1. The molecule has 0 N–H and O–H groups in total. The fourth-order valence-electron chi connectivity index (χ4n) is 1.55. The molecule has 1 atom stereocenters. The monoisotopic (exact) mass is 279 g/mol. The summed E-state index contributed by atoms with van der Waals surface area (Å²) in [6, 6.07) is 5.19. The second-order valence-corrected chi connectivity index (χ2v) is 5.38. The van der Waals surface area contributed by atoms with Crippen molar-refractivity contribution in [1.29, 1.82) is 0 Å². The Bertz CT molecular complexity index is 682. The molecule has 0 radical (unpaired) electrons. The molecule has 0 aliphatic carbocycles. The molecule has 7 heteroatoms. The zero-order chi connectivity index (χ0) is 13.8. The highest BCUT2D eigenvalue weighted by Gasteiger charge is 2.09. The van der Waals surface area contributed by atoms with Crippen LogP contribution in [0, 0.1) is 0 Å². The van der Waals surface area contributed by atoms with Crippen LogP contribution >= 0.6 is 0 Å². The fourth-order valence-corrected chi connectivity index (χ4v) is 2.62. The van der Waals surface area contributed by atoms with E-state index in [0.717, 1.165) is 6.42 Å². The zero-order valence-electron chi connectivity index (χ0n) is 10.6. The molecule has 0 saturated heterocycles. The van der Waals surface area contributed by atoms with Crippen molar-refractivity contribution in [3.63, 3.8) is 0 Å². The molecule has 1 aromatic carbocycles. The molecule has 100 valence electrons. The van der Waals surface area contributed by atoms with Crippen molar-refractivity contribution in [2.24, 2.45) is 15.0 Å². The van der Waals surface area contributed by atoms with Gasteiger partial charge in [-0.3, -0.25) is 4.21 Å². The Kier molecular flexibility index (Phi) is 4.16. The first-order valence-electron chi connectivity index (χ1n) is 5.76. The van der Waals surface area contributed by atoms with Crippen LogP contribution in [-0.2, 0) is 15.5 Å². The lowest BCUT2D eigenvalue weighted by molar-refractivity contribution is 0.182. The van der Waals surface area contributed by atoms with E-state index in [2.05, 4.69) is 19.7 Å². The molecule has 0 unspecified atom stereocenters. The third kappa shape index (κ3) is 3.11. The lowest BCUT2D eigenvalue weighted by Gasteiger charge is -1.98. The van der Waals surface area contributed by atoms with E-state index in [9.17, 15) is 9.00 Å². The van der Waals surface area contributed by atoms with E-state index in [1.54, 1.807) is 18.2 Å². The Labute approximate surface area is 112 Å². The van der Waals surface area contributed by atoms with E-state index >= 15 is 0 Å². The van der Waals surface area contributed by atoms with Gasteiger partial charge in [-0.05, 0) is 24.6 Å². The third-order valence-corrected chi connectivity index (χ3v) is 3.96. The second-order valence-electron chi connectivity index (χ2n) is 3.81. The van der Waals surface area contributed by atoms with Crippen LogP contribution in [0.4, 0.5) is 4.79 Å². The summed E-state index contributed by atoms with van der Waals surface area (Å²) in [6.45, 7) is 1.98. The van der Waals surface area contributed by atoms with Crippen molar-refractivity contribution in [2.45, 2.75) is 18.2 Å². The Morgan fingerprint density at radius 3 is 2.79 bits per heavy atom. The first-order chi connectivity index (χ1) is 9.13. The van der Waals surface area contributed by atoms with Crippen molar-refractivity contribution in [2.75, 3.05) is 12.9 Å². The van der Waals surface area contributed by atoms with Gasteiger partial charge in [-0.25, -0.2) is 14.8 Å². The molecular weight excluding hydrogens is 266 g/mol. The largest absolute Gasteiger partial charge is 0.451 e. The van der Waals surface area contributed by atoms with Crippen LogP contribution < -0.4 is 10.7 Å². The van der Waals surface area contributed by atoms with Gasteiger partial charge in [0.2, 0.25) is 0 Å². The second kappa shape index (κ2) is 5.83. The van der Waals surface area contributed by atoms with E-state index in [1.165, 1.54) is 7.11 Å². The molecule has 0 aromatic heterocycles. The van der Waals surface area contributed by atoms with Crippen LogP contribution in [0.25, 0.3) is 0 Å². The summed E-state index contributed by atoms with van der Waals surface area (Å²) in [5.41, 5.74) is 0. The smallest absolute Gasteiger partial charge is 0.436 e. The summed E-state index contributed by atoms with van der Waals surface area (Å²) in [5.74, 6) is 0.666. The number of carbonyl (C=O) groups excluding carboxylic acids is 1. The Balaban J connectivity index is 2.36. The van der Waals surface area contributed by atoms with Crippen LogP contribution in [0.1, 0.15) is 13.3 Å². The van der Waals surface area contributed by atoms with E-state index < -0.39 is 16.9 Å². The molecule has 6 nitrogen and oxygen atoms in total. The number of carbonyl (C=O) groups is 1. The van der Waals surface area contributed by atoms with Gasteiger partial charge in [0.1, 0.15) is 0 Å². The maximum Gasteiger partial charge on any atom is 0.436 e. The predicted molar refractivity (Wildman–Crippen MR) is 70.2 cm³/mol. The van der Waals surface area contributed by atoms with Gasteiger partial charge in [0, 0.05) is 10.6 Å². The molecule has 1 aromatic rings. The molecule has 0 saturated carbocycles. The standard InChI is InChI=1S/C12H13N3O3S/c1-3-6-19(17)8-4-5-9-10(7-8)14-11(13-9)15-12(16)18-2/h4-5,7H,3,6H2,1-2H3/t19-/m0/s1. The summed E-state index contributed by atoms with van der Waals surface area (Å²) >= 11 is 0. The van der Waals surface area contributed by atoms with Crippen molar-refractivity contribution >= 4 is 22.9 Å². The van der Waals surface area contributed by atoms with Crippen molar-refractivity contribution < 1.29 is 13.7 Å². The molecule has 1 heterocycles. The van der Waals surface area contributed by atoms with Gasteiger partial charge in [0.25, 0.3) is 5.96 Å². The van der Waals surface area contributed by atoms with E-state index in [4.69, 9.17) is 0 Å².